The van der Waals surface area contributed by atoms with Gasteiger partial charge in [-0.05, 0) is 57.8 Å². The van der Waals surface area contributed by atoms with E-state index in [2.05, 4.69) is 23.6 Å². The van der Waals surface area contributed by atoms with Crippen molar-refractivity contribution < 1.29 is 0 Å². The van der Waals surface area contributed by atoms with Crippen LogP contribution in [0, 0.1) is 5.92 Å². The molecule has 2 heteroatoms. The first kappa shape index (κ1) is 11.4. The number of nitrogens with zero attached hydrogens (tertiary/aromatic N) is 2. The number of hydrogen-bond donors (Lipinski definition) is 0. The first-order valence-electron chi connectivity index (χ1n) is 6.76. The van der Waals surface area contributed by atoms with Crippen molar-refractivity contribution in [2.24, 2.45) is 5.92 Å². The summed E-state index contributed by atoms with van der Waals surface area (Å²) in [6.07, 6.45) is 5.68. The molecule has 1 unspecified atom stereocenters. The molecule has 2 fully saturated rings. The van der Waals surface area contributed by atoms with Crippen molar-refractivity contribution in [2.45, 2.75) is 45.6 Å². The summed E-state index contributed by atoms with van der Waals surface area (Å²) in [6, 6.07) is 0.899. The molecule has 0 spiro atoms. The van der Waals surface area contributed by atoms with Crippen LogP contribution in [0.25, 0.3) is 0 Å². The van der Waals surface area contributed by atoms with Gasteiger partial charge in [0.25, 0.3) is 0 Å². The minimum atomic E-state index is 0.899. The van der Waals surface area contributed by atoms with Gasteiger partial charge in [0.15, 0.2) is 0 Å². The van der Waals surface area contributed by atoms with Crippen molar-refractivity contribution in [3.8, 4) is 0 Å². The molecule has 88 valence electrons. The van der Waals surface area contributed by atoms with Gasteiger partial charge in [-0.15, -0.1) is 0 Å². The highest BCUT2D eigenvalue weighted by Crippen LogP contribution is 2.23. The van der Waals surface area contributed by atoms with Crippen LogP contribution in [0.2, 0.25) is 0 Å². The monoisotopic (exact) mass is 210 g/mol. The zero-order chi connectivity index (χ0) is 10.7. The summed E-state index contributed by atoms with van der Waals surface area (Å²) in [5, 5.41) is 0. The number of hydrogen-bond acceptors (Lipinski definition) is 2. The summed E-state index contributed by atoms with van der Waals surface area (Å²) in [6.45, 7) is 11.3. The summed E-state index contributed by atoms with van der Waals surface area (Å²) in [7, 11) is 0. The lowest BCUT2D eigenvalue weighted by molar-refractivity contribution is 0.0770. The number of rotatable bonds is 2. The fraction of sp³-hybridized carbons (Fsp3) is 1.00. The molecule has 2 rings (SSSR count). The van der Waals surface area contributed by atoms with E-state index in [9.17, 15) is 0 Å². The molecule has 0 bridgehead atoms. The summed E-state index contributed by atoms with van der Waals surface area (Å²) >= 11 is 0. The van der Waals surface area contributed by atoms with Gasteiger partial charge >= 0.3 is 0 Å². The van der Waals surface area contributed by atoms with Gasteiger partial charge in [0.1, 0.15) is 0 Å². The van der Waals surface area contributed by atoms with E-state index in [-0.39, 0.29) is 0 Å². The lowest BCUT2D eigenvalue weighted by Gasteiger charge is -2.41. The van der Waals surface area contributed by atoms with E-state index in [1.165, 1.54) is 58.4 Å². The minimum absolute atomic E-state index is 0.899. The van der Waals surface area contributed by atoms with Crippen LogP contribution in [0.3, 0.4) is 0 Å². The van der Waals surface area contributed by atoms with Crippen molar-refractivity contribution >= 4 is 0 Å². The van der Waals surface area contributed by atoms with Crippen LogP contribution in [0.15, 0.2) is 0 Å². The molecule has 0 aromatic carbocycles. The Bertz CT molecular complexity index is 185. The number of likely N-dealkylation sites (tertiary alicyclic amines) is 2. The predicted molar refractivity (Wildman–Crippen MR) is 65.1 cm³/mol. The first-order valence-corrected chi connectivity index (χ1v) is 6.76. The molecule has 0 saturated carbocycles. The number of piperidine rings is 2. The maximum Gasteiger partial charge on any atom is 0.0120 e. The average Bonchev–Trinajstić information content (AvgIpc) is 2.29. The second kappa shape index (κ2) is 5.31. The highest BCUT2D eigenvalue weighted by Gasteiger charge is 2.26. The molecule has 2 saturated heterocycles. The summed E-state index contributed by atoms with van der Waals surface area (Å²) in [4.78, 5) is 5.35. The third-order valence-electron chi connectivity index (χ3n) is 4.21. The van der Waals surface area contributed by atoms with Gasteiger partial charge < -0.3 is 9.80 Å². The summed E-state index contributed by atoms with van der Waals surface area (Å²) in [5.41, 5.74) is 0. The summed E-state index contributed by atoms with van der Waals surface area (Å²) < 4.78 is 0. The average molecular weight is 210 g/mol. The Balaban J connectivity index is 1.79. The minimum Gasteiger partial charge on any atom is -0.303 e. The van der Waals surface area contributed by atoms with Crippen LogP contribution in [-0.4, -0.2) is 48.6 Å². The van der Waals surface area contributed by atoms with E-state index in [1.54, 1.807) is 0 Å². The van der Waals surface area contributed by atoms with Gasteiger partial charge in [-0.3, -0.25) is 0 Å². The molecule has 0 aromatic rings. The lowest BCUT2D eigenvalue weighted by atomic mass is 9.95. The Kier molecular flexibility index (Phi) is 4.04. The molecule has 0 amide bonds. The Labute approximate surface area is 94.6 Å². The fourth-order valence-electron chi connectivity index (χ4n) is 3.16. The lowest BCUT2D eigenvalue weighted by Crippen LogP contribution is -2.48. The molecule has 2 aliphatic heterocycles. The molecule has 2 nitrogen and oxygen atoms in total. The molecule has 2 heterocycles. The molecule has 0 N–H and O–H groups in total. The molecule has 0 radical (unpaired) electrons. The van der Waals surface area contributed by atoms with Crippen LogP contribution in [0.5, 0.6) is 0 Å². The van der Waals surface area contributed by atoms with Crippen LogP contribution in [0.4, 0.5) is 0 Å². The second-order valence-electron chi connectivity index (χ2n) is 5.41. The van der Waals surface area contributed by atoms with Crippen molar-refractivity contribution in [3.63, 3.8) is 0 Å². The molecule has 2 aliphatic rings. The van der Waals surface area contributed by atoms with E-state index in [0.717, 1.165) is 12.0 Å². The van der Waals surface area contributed by atoms with Gasteiger partial charge in [-0.1, -0.05) is 13.8 Å². The second-order valence-corrected chi connectivity index (χ2v) is 5.41. The van der Waals surface area contributed by atoms with Gasteiger partial charge in [0.2, 0.25) is 0 Å². The zero-order valence-electron chi connectivity index (χ0n) is 10.4. The standard InChI is InChI=1S/C13H26N2/c1-3-14-9-6-13(7-10-14)15-8-4-5-12(2)11-15/h12-13H,3-11H2,1-2H3. The van der Waals surface area contributed by atoms with E-state index < -0.39 is 0 Å². The molecule has 0 aromatic heterocycles. The van der Waals surface area contributed by atoms with Crippen LogP contribution in [0.1, 0.15) is 39.5 Å². The molecular formula is C13H26N2. The fourth-order valence-corrected chi connectivity index (χ4v) is 3.16. The smallest absolute Gasteiger partial charge is 0.0120 e. The van der Waals surface area contributed by atoms with E-state index >= 15 is 0 Å². The van der Waals surface area contributed by atoms with Gasteiger partial charge in [-0.2, -0.15) is 0 Å². The molecule has 1 atom stereocenters. The maximum absolute atomic E-state index is 2.77. The normalized spacial score (nSPS) is 32.0. The Morgan fingerprint density at radius 2 is 1.80 bits per heavy atom. The Hall–Kier alpha value is -0.0800. The van der Waals surface area contributed by atoms with Gasteiger partial charge in [0.05, 0.1) is 0 Å². The Morgan fingerprint density at radius 1 is 1.07 bits per heavy atom. The third kappa shape index (κ3) is 2.94. The Morgan fingerprint density at radius 3 is 2.40 bits per heavy atom. The van der Waals surface area contributed by atoms with Gasteiger partial charge in [-0.25, -0.2) is 0 Å². The van der Waals surface area contributed by atoms with Crippen LogP contribution >= 0.6 is 0 Å². The van der Waals surface area contributed by atoms with E-state index in [1.807, 2.05) is 0 Å². The maximum atomic E-state index is 2.77. The molecular weight excluding hydrogens is 184 g/mol. The quantitative estimate of drug-likeness (QED) is 0.689. The van der Waals surface area contributed by atoms with Crippen LogP contribution < -0.4 is 0 Å². The van der Waals surface area contributed by atoms with E-state index in [4.69, 9.17) is 0 Å². The predicted octanol–water partition coefficient (Wildman–Crippen LogP) is 2.20. The zero-order valence-corrected chi connectivity index (χ0v) is 10.4. The first-order chi connectivity index (χ1) is 7.29. The largest absolute Gasteiger partial charge is 0.303 e. The highest BCUT2D eigenvalue weighted by molar-refractivity contribution is 4.82. The topological polar surface area (TPSA) is 6.48 Å². The highest BCUT2D eigenvalue weighted by atomic mass is 15.2. The molecule has 0 aliphatic carbocycles. The third-order valence-corrected chi connectivity index (χ3v) is 4.21. The van der Waals surface area contributed by atoms with Gasteiger partial charge in [0, 0.05) is 12.6 Å². The SMILES string of the molecule is CCN1CCC(N2CCCC(C)C2)CC1. The van der Waals surface area contributed by atoms with Crippen LogP contribution in [-0.2, 0) is 0 Å². The van der Waals surface area contributed by atoms with Crippen molar-refractivity contribution in [2.75, 3.05) is 32.7 Å². The van der Waals surface area contributed by atoms with Crippen molar-refractivity contribution in [1.82, 2.24) is 9.80 Å². The van der Waals surface area contributed by atoms with Crippen molar-refractivity contribution in [3.05, 3.63) is 0 Å². The summed E-state index contributed by atoms with van der Waals surface area (Å²) in [5.74, 6) is 0.933. The van der Waals surface area contributed by atoms with E-state index in [0.29, 0.717) is 0 Å². The molecule has 15 heavy (non-hydrogen) atoms. The van der Waals surface area contributed by atoms with Crippen molar-refractivity contribution in [1.29, 1.82) is 0 Å².